The zero-order chi connectivity index (χ0) is 14.3. The molecule has 4 atom stereocenters. The third kappa shape index (κ3) is 2.44. The van der Waals surface area contributed by atoms with Crippen LogP contribution < -0.4 is 0 Å². The van der Waals surface area contributed by atoms with Gasteiger partial charge in [-0.25, -0.2) is 4.39 Å². The lowest BCUT2D eigenvalue weighted by Crippen LogP contribution is -2.28. The lowest BCUT2D eigenvalue weighted by atomic mass is 9.81. The van der Waals surface area contributed by atoms with Crippen molar-refractivity contribution in [3.05, 3.63) is 34.6 Å². The molecule has 2 rings (SSSR count). The first kappa shape index (κ1) is 14.2. The van der Waals surface area contributed by atoms with Gasteiger partial charge in [-0.3, -0.25) is 4.79 Å². The standard InChI is InChI=1S/C16H21FO2/c1-8-6-13(17)7-9(2)14(8)16(18)15-10(3)11(4)19-12(15)5/h6-7,10-12,15H,1-5H3. The van der Waals surface area contributed by atoms with Crippen molar-refractivity contribution in [3.8, 4) is 0 Å². The Hall–Kier alpha value is -1.22. The lowest BCUT2D eigenvalue weighted by Gasteiger charge is -2.19. The Bertz CT molecular complexity index is 486. The van der Waals surface area contributed by atoms with E-state index in [4.69, 9.17) is 4.74 Å². The van der Waals surface area contributed by atoms with Crippen molar-refractivity contribution in [2.45, 2.75) is 46.8 Å². The van der Waals surface area contributed by atoms with Gasteiger partial charge in [-0.1, -0.05) is 6.92 Å². The average Bonchev–Trinajstić information content (AvgIpc) is 2.51. The van der Waals surface area contributed by atoms with Gasteiger partial charge in [0.25, 0.3) is 0 Å². The molecule has 1 saturated heterocycles. The molecule has 1 aliphatic rings. The quantitative estimate of drug-likeness (QED) is 0.762. The second-order valence-corrected chi connectivity index (χ2v) is 5.71. The predicted octanol–water partition coefficient (Wildman–Crippen LogP) is 3.68. The van der Waals surface area contributed by atoms with E-state index in [9.17, 15) is 9.18 Å². The van der Waals surface area contributed by atoms with Gasteiger partial charge in [-0.15, -0.1) is 0 Å². The van der Waals surface area contributed by atoms with Crippen LogP contribution in [-0.4, -0.2) is 18.0 Å². The van der Waals surface area contributed by atoms with Crippen molar-refractivity contribution >= 4 is 5.78 Å². The molecule has 104 valence electrons. The topological polar surface area (TPSA) is 26.3 Å². The highest BCUT2D eigenvalue weighted by molar-refractivity contribution is 6.01. The predicted molar refractivity (Wildman–Crippen MR) is 72.9 cm³/mol. The molecule has 0 bridgehead atoms. The van der Waals surface area contributed by atoms with Crippen LogP contribution in [0.5, 0.6) is 0 Å². The number of benzene rings is 1. The molecule has 19 heavy (non-hydrogen) atoms. The van der Waals surface area contributed by atoms with Crippen LogP contribution in [0.15, 0.2) is 12.1 Å². The van der Waals surface area contributed by atoms with Crippen molar-refractivity contribution in [2.75, 3.05) is 0 Å². The van der Waals surface area contributed by atoms with Crippen molar-refractivity contribution in [1.82, 2.24) is 0 Å². The van der Waals surface area contributed by atoms with Gasteiger partial charge in [0.05, 0.1) is 18.1 Å². The molecule has 0 saturated carbocycles. The van der Waals surface area contributed by atoms with Crippen LogP contribution in [0.4, 0.5) is 4.39 Å². The van der Waals surface area contributed by atoms with E-state index in [0.29, 0.717) is 16.7 Å². The SMILES string of the molecule is Cc1cc(F)cc(C)c1C(=O)C1C(C)OC(C)C1C. The summed E-state index contributed by atoms with van der Waals surface area (Å²) in [6.07, 6.45) is 0.00589. The average molecular weight is 264 g/mol. The molecule has 1 aromatic carbocycles. The molecule has 1 aromatic rings. The Morgan fingerprint density at radius 2 is 1.63 bits per heavy atom. The van der Waals surface area contributed by atoms with E-state index >= 15 is 0 Å². The van der Waals surface area contributed by atoms with Gasteiger partial charge in [-0.05, 0) is 56.9 Å². The number of hydrogen-bond donors (Lipinski definition) is 0. The fraction of sp³-hybridized carbons (Fsp3) is 0.562. The monoisotopic (exact) mass is 264 g/mol. The second kappa shape index (κ2) is 5.04. The number of halogens is 1. The highest BCUT2D eigenvalue weighted by Gasteiger charge is 2.42. The smallest absolute Gasteiger partial charge is 0.169 e. The highest BCUT2D eigenvalue weighted by Crippen LogP contribution is 2.35. The molecule has 0 aromatic heterocycles. The number of carbonyl (C=O) groups is 1. The maximum absolute atomic E-state index is 13.3. The third-order valence-corrected chi connectivity index (χ3v) is 4.29. The third-order valence-electron chi connectivity index (χ3n) is 4.29. The molecular formula is C16H21FO2. The van der Waals surface area contributed by atoms with Crippen molar-refractivity contribution in [1.29, 1.82) is 0 Å². The van der Waals surface area contributed by atoms with E-state index in [2.05, 4.69) is 0 Å². The molecule has 0 aliphatic carbocycles. The van der Waals surface area contributed by atoms with Gasteiger partial charge in [0.2, 0.25) is 0 Å². The number of hydrogen-bond acceptors (Lipinski definition) is 2. The Morgan fingerprint density at radius 1 is 1.11 bits per heavy atom. The van der Waals surface area contributed by atoms with Gasteiger partial charge in [0.1, 0.15) is 5.82 Å². The minimum Gasteiger partial charge on any atom is -0.374 e. The van der Waals surface area contributed by atoms with Gasteiger partial charge >= 0.3 is 0 Å². The molecule has 4 unspecified atom stereocenters. The Labute approximate surface area is 114 Å². The van der Waals surface area contributed by atoms with E-state index in [1.807, 2.05) is 20.8 Å². The summed E-state index contributed by atoms with van der Waals surface area (Å²) in [5, 5.41) is 0. The minimum absolute atomic E-state index is 0.0821. The number of ketones is 1. The van der Waals surface area contributed by atoms with E-state index in [0.717, 1.165) is 0 Å². The summed E-state index contributed by atoms with van der Waals surface area (Å²) in [6.45, 7) is 9.57. The molecule has 2 nitrogen and oxygen atoms in total. The molecule has 1 heterocycles. The summed E-state index contributed by atoms with van der Waals surface area (Å²) in [5.41, 5.74) is 2.07. The fourth-order valence-corrected chi connectivity index (χ4v) is 3.18. The van der Waals surface area contributed by atoms with E-state index in [1.54, 1.807) is 13.8 Å². The van der Waals surface area contributed by atoms with Crippen LogP contribution in [0.3, 0.4) is 0 Å². The Kier molecular flexibility index (Phi) is 3.77. The Morgan fingerprint density at radius 3 is 2.05 bits per heavy atom. The van der Waals surface area contributed by atoms with Gasteiger partial charge < -0.3 is 4.74 Å². The lowest BCUT2D eigenvalue weighted by molar-refractivity contribution is 0.0491. The molecule has 3 heteroatoms. The van der Waals surface area contributed by atoms with Crippen LogP contribution in [0, 0.1) is 31.5 Å². The largest absolute Gasteiger partial charge is 0.374 e. The number of Topliss-reactive ketones (excluding diaryl/α,β-unsaturated/α-hetero) is 1. The normalized spacial score (nSPS) is 30.6. The van der Waals surface area contributed by atoms with Crippen molar-refractivity contribution in [3.63, 3.8) is 0 Å². The van der Waals surface area contributed by atoms with E-state index < -0.39 is 0 Å². The van der Waals surface area contributed by atoms with Gasteiger partial charge in [-0.2, -0.15) is 0 Å². The fourth-order valence-electron chi connectivity index (χ4n) is 3.18. The van der Waals surface area contributed by atoms with Gasteiger partial charge in [0.15, 0.2) is 5.78 Å². The maximum atomic E-state index is 13.3. The minimum atomic E-state index is -0.288. The molecule has 1 fully saturated rings. The number of rotatable bonds is 2. The molecule has 0 spiro atoms. The highest BCUT2D eigenvalue weighted by atomic mass is 19.1. The first-order chi connectivity index (χ1) is 8.82. The summed E-state index contributed by atoms with van der Waals surface area (Å²) in [7, 11) is 0. The summed E-state index contributed by atoms with van der Waals surface area (Å²) in [6, 6.07) is 2.85. The van der Waals surface area contributed by atoms with Crippen LogP contribution in [0.2, 0.25) is 0 Å². The molecule has 0 N–H and O–H groups in total. The van der Waals surface area contributed by atoms with Crippen molar-refractivity contribution < 1.29 is 13.9 Å². The second-order valence-electron chi connectivity index (χ2n) is 5.71. The summed E-state index contributed by atoms with van der Waals surface area (Å²) < 4.78 is 19.1. The van der Waals surface area contributed by atoms with Crippen LogP contribution in [0.25, 0.3) is 0 Å². The molecule has 0 amide bonds. The first-order valence-electron chi connectivity index (χ1n) is 6.79. The number of aryl methyl sites for hydroxylation is 2. The van der Waals surface area contributed by atoms with Crippen LogP contribution in [0.1, 0.15) is 42.3 Å². The number of ether oxygens (including phenoxy) is 1. The zero-order valence-corrected chi connectivity index (χ0v) is 12.2. The Balaban J connectivity index is 2.40. The summed E-state index contributed by atoms with van der Waals surface area (Å²) in [4.78, 5) is 12.8. The van der Waals surface area contributed by atoms with Crippen LogP contribution >= 0.6 is 0 Å². The summed E-state index contributed by atoms with van der Waals surface area (Å²) in [5.74, 6) is -0.160. The maximum Gasteiger partial charge on any atom is 0.169 e. The summed E-state index contributed by atoms with van der Waals surface area (Å²) >= 11 is 0. The first-order valence-corrected chi connectivity index (χ1v) is 6.79. The molecular weight excluding hydrogens is 243 g/mol. The zero-order valence-electron chi connectivity index (χ0n) is 12.2. The van der Waals surface area contributed by atoms with E-state index in [-0.39, 0.29) is 35.6 Å². The van der Waals surface area contributed by atoms with Crippen molar-refractivity contribution in [2.24, 2.45) is 11.8 Å². The molecule has 1 aliphatic heterocycles. The van der Waals surface area contributed by atoms with Gasteiger partial charge in [0, 0.05) is 5.56 Å². The van der Waals surface area contributed by atoms with E-state index in [1.165, 1.54) is 12.1 Å². The number of carbonyl (C=O) groups excluding carboxylic acids is 1. The molecule has 0 radical (unpaired) electrons. The van der Waals surface area contributed by atoms with Crippen LogP contribution in [-0.2, 0) is 4.74 Å².